The predicted molar refractivity (Wildman–Crippen MR) is 124 cm³/mol. The van der Waals surface area contributed by atoms with E-state index in [2.05, 4.69) is 26.6 Å². The van der Waals surface area contributed by atoms with Gasteiger partial charge in [0, 0.05) is 51.2 Å². The van der Waals surface area contributed by atoms with E-state index in [1.54, 1.807) is 36.7 Å². The summed E-state index contributed by atoms with van der Waals surface area (Å²) >= 11 is 0. The van der Waals surface area contributed by atoms with Gasteiger partial charge in [-0.3, -0.25) is 9.88 Å². The van der Waals surface area contributed by atoms with Crippen LogP contribution in [-0.4, -0.2) is 63.0 Å². The van der Waals surface area contributed by atoms with Crippen molar-refractivity contribution in [3.8, 4) is 11.5 Å². The molecule has 32 heavy (non-hydrogen) atoms. The van der Waals surface area contributed by atoms with Crippen LogP contribution >= 0.6 is 0 Å². The molecule has 1 atom stereocenters. The number of sulfonamides is 1. The van der Waals surface area contributed by atoms with Crippen molar-refractivity contribution < 1.29 is 13.2 Å². The van der Waals surface area contributed by atoms with E-state index in [1.165, 1.54) is 0 Å². The number of rotatable bonds is 8. The first-order valence-corrected chi connectivity index (χ1v) is 12.1. The van der Waals surface area contributed by atoms with Gasteiger partial charge in [-0.05, 0) is 61.1 Å². The number of aromatic nitrogens is 1. The van der Waals surface area contributed by atoms with E-state index < -0.39 is 10.0 Å². The summed E-state index contributed by atoms with van der Waals surface area (Å²) in [4.78, 5) is 8.92. The van der Waals surface area contributed by atoms with Crippen LogP contribution in [0.3, 0.4) is 0 Å². The molecule has 4 rings (SSSR count). The summed E-state index contributed by atoms with van der Waals surface area (Å²) in [5.74, 6) is 1.29. The van der Waals surface area contributed by atoms with Gasteiger partial charge in [-0.25, -0.2) is 13.1 Å². The molecule has 168 valence electrons. The second-order valence-corrected chi connectivity index (χ2v) is 9.64. The first-order chi connectivity index (χ1) is 15.5. The van der Waals surface area contributed by atoms with Gasteiger partial charge in [0.05, 0.1) is 4.90 Å². The molecule has 2 aromatic carbocycles. The van der Waals surface area contributed by atoms with Crippen LogP contribution in [0.25, 0.3) is 0 Å². The molecular formula is C24H28N4O3S. The number of pyridine rings is 1. The number of nitrogens with zero attached hydrogens (tertiary/aromatic N) is 3. The maximum Gasteiger partial charge on any atom is 0.240 e. The van der Waals surface area contributed by atoms with Crippen molar-refractivity contribution in [1.82, 2.24) is 19.5 Å². The molecule has 2 heterocycles. The fraction of sp³-hybridized carbons (Fsp3) is 0.292. The maximum atomic E-state index is 13.0. The van der Waals surface area contributed by atoms with E-state index in [4.69, 9.17) is 4.74 Å². The van der Waals surface area contributed by atoms with Gasteiger partial charge in [0.1, 0.15) is 11.5 Å². The number of nitrogens with one attached hydrogen (secondary N) is 1. The van der Waals surface area contributed by atoms with Crippen LogP contribution in [0.15, 0.2) is 84.0 Å². The van der Waals surface area contributed by atoms with Crippen molar-refractivity contribution in [2.75, 3.05) is 39.8 Å². The molecule has 3 aromatic rings. The summed E-state index contributed by atoms with van der Waals surface area (Å²) in [7, 11) is -1.56. The third-order valence-electron chi connectivity index (χ3n) is 5.65. The van der Waals surface area contributed by atoms with Crippen LogP contribution in [0.5, 0.6) is 11.5 Å². The Morgan fingerprint density at radius 3 is 2.19 bits per heavy atom. The minimum absolute atomic E-state index is 0.0536. The zero-order chi connectivity index (χ0) is 22.4. The average Bonchev–Trinajstić information content (AvgIpc) is 2.82. The van der Waals surface area contributed by atoms with Gasteiger partial charge in [-0.2, -0.15) is 0 Å². The Bertz CT molecular complexity index is 1090. The molecule has 1 aromatic heterocycles. The molecule has 0 amide bonds. The maximum absolute atomic E-state index is 13.0. The van der Waals surface area contributed by atoms with Gasteiger partial charge in [-0.15, -0.1) is 0 Å². The highest BCUT2D eigenvalue weighted by Crippen LogP contribution is 2.24. The van der Waals surface area contributed by atoms with E-state index >= 15 is 0 Å². The predicted octanol–water partition coefficient (Wildman–Crippen LogP) is 3.14. The summed E-state index contributed by atoms with van der Waals surface area (Å²) in [6, 6.07) is 19.7. The number of hydrogen-bond acceptors (Lipinski definition) is 6. The fourth-order valence-corrected chi connectivity index (χ4v) is 4.80. The van der Waals surface area contributed by atoms with Crippen molar-refractivity contribution >= 4 is 10.0 Å². The lowest BCUT2D eigenvalue weighted by atomic mass is 10.1. The highest BCUT2D eigenvalue weighted by Gasteiger charge is 2.26. The zero-order valence-electron chi connectivity index (χ0n) is 18.1. The smallest absolute Gasteiger partial charge is 0.240 e. The Hall–Kier alpha value is -2.78. The highest BCUT2D eigenvalue weighted by molar-refractivity contribution is 7.89. The molecule has 1 unspecified atom stereocenters. The summed E-state index contributed by atoms with van der Waals surface area (Å²) in [6.45, 7) is 3.97. The lowest BCUT2D eigenvalue weighted by Crippen LogP contribution is -2.48. The molecule has 0 aliphatic carbocycles. The van der Waals surface area contributed by atoms with Crippen molar-refractivity contribution in [1.29, 1.82) is 0 Å². The third kappa shape index (κ3) is 5.72. The topological polar surface area (TPSA) is 74.8 Å². The van der Waals surface area contributed by atoms with E-state index in [0.29, 0.717) is 18.0 Å². The first-order valence-electron chi connectivity index (χ1n) is 10.7. The van der Waals surface area contributed by atoms with E-state index in [0.717, 1.165) is 31.7 Å². The third-order valence-corrected chi connectivity index (χ3v) is 7.09. The minimum atomic E-state index is -3.66. The van der Waals surface area contributed by atoms with Gasteiger partial charge in [0.15, 0.2) is 0 Å². The Morgan fingerprint density at radius 1 is 0.906 bits per heavy atom. The van der Waals surface area contributed by atoms with Crippen molar-refractivity contribution in [3.63, 3.8) is 0 Å². The molecule has 7 nitrogen and oxygen atoms in total. The molecule has 0 saturated carbocycles. The van der Waals surface area contributed by atoms with Crippen LogP contribution in [-0.2, 0) is 10.0 Å². The van der Waals surface area contributed by atoms with Crippen LogP contribution in [0.2, 0.25) is 0 Å². The van der Waals surface area contributed by atoms with Crippen LogP contribution in [0.1, 0.15) is 11.6 Å². The molecule has 1 aliphatic heterocycles. The normalized spacial score (nSPS) is 16.5. The largest absolute Gasteiger partial charge is 0.457 e. The van der Waals surface area contributed by atoms with Crippen molar-refractivity contribution in [3.05, 3.63) is 84.7 Å². The van der Waals surface area contributed by atoms with Crippen LogP contribution in [0, 0.1) is 0 Å². The standard InChI is InChI=1S/C24H28N4O3S/c1-27-15-17-28(18-16-27)24(20-11-13-25-14-12-20)19-26-32(29,30)23-9-7-22(8-10-23)31-21-5-3-2-4-6-21/h2-14,24,26H,15-19H2,1H3. The summed E-state index contributed by atoms with van der Waals surface area (Å²) < 4.78 is 34.5. The number of para-hydroxylation sites is 1. The van der Waals surface area contributed by atoms with Crippen molar-refractivity contribution in [2.45, 2.75) is 10.9 Å². The Labute approximate surface area is 189 Å². The van der Waals surface area contributed by atoms with Gasteiger partial charge in [0.25, 0.3) is 0 Å². The van der Waals surface area contributed by atoms with Crippen molar-refractivity contribution in [2.24, 2.45) is 0 Å². The molecule has 0 bridgehead atoms. The molecule has 8 heteroatoms. The van der Waals surface area contributed by atoms with E-state index in [9.17, 15) is 8.42 Å². The number of piperazine rings is 1. The molecule has 0 spiro atoms. The Morgan fingerprint density at radius 2 is 1.53 bits per heavy atom. The second kappa shape index (κ2) is 10.2. The molecular weight excluding hydrogens is 424 g/mol. The molecule has 1 aliphatic rings. The molecule has 1 fully saturated rings. The Kier molecular flexibility index (Phi) is 7.16. The number of benzene rings is 2. The number of hydrogen-bond donors (Lipinski definition) is 1. The molecule has 1 saturated heterocycles. The van der Waals surface area contributed by atoms with Crippen LogP contribution in [0.4, 0.5) is 0 Å². The molecule has 0 radical (unpaired) electrons. The average molecular weight is 453 g/mol. The zero-order valence-corrected chi connectivity index (χ0v) is 18.9. The number of likely N-dealkylation sites (N-methyl/N-ethyl adjacent to an activating group) is 1. The monoisotopic (exact) mass is 452 g/mol. The lowest BCUT2D eigenvalue weighted by molar-refractivity contribution is 0.113. The number of ether oxygens (including phenoxy) is 1. The SMILES string of the molecule is CN1CCN(C(CNS(=O)(=O)c2ccc(Oc3ccccc3)cc2)c2ccncc2)CC1. The van der Waals surface area contributed by atoms with E-state index in [1.807, 2.05) is 42.5 Å². The summed E-state index contributed by atoms with van der Waals surface area (Å²) in [5.41, 5.74) is 1.05. The van der Waals surface area contributed by atoms with Crippen LogP contribution < -0.4 is 9.46 Å². The fourth-order valence-electron chi connectivity index (χ4n) is 3.76. The van der Waals surface area contributed by atoms with Gasteiger partial charge < -0.3 is 9.64 Å². The first kappa shape index (κ1) is 22.4. The minimum Gasteiger partial charge on any atom is -0.457 e. The Balaban J connectivity index is 1.45. The molecule has 1 N–H and O–H groups in total. The summed E-state index contributed by atoms with van der Waals surface area (Å²) in [5, 5.41) is 0. The second-order valence-electron chi connectivity index (χ2n) is 7.87. The lowest BCUT2D eigenvalue weighted by Gasteiger charge is -2.38. The van der Waals surface area contributed by atoms with Gasteiger partial charge in [0.2, 0.25) is 10.0 Å². The van der Waals surface area contributed by atoms with E-state index in [-0.39, 0.29) is 10.9 Å². The highest BCUT2D eigenvalue weighted by atomic mass is 32.2. The van der Waals surface area contributed by atoms with Gasteiger partial charge >= 0.3 is 0 Å². The summed E-state index contributed by atoms with van der Waals surface area (Å²) in [6.07, 6.45) is 3.50. The van der Waals surface area contributed by atoms with Gasteiger partial charge in [-0.1, -0.05) is 18.2 Å². The quantitative estimate of drug-likeness (QED) is 0.566.